The maximum atomic E-state index is 13.2. The second kappa shape index (κ2) is 8.12. The molecule has 0 radical (unpaired) electrons. The second-order valence-electron chi connectivity index (χ2n) is 8.43. The highest BCUT2D eigenvalue weighted by molar-refractivity contribution is 7.86. The van der Waals surface area contributed by atoms with Crippen molar-refractivity contribution in [3.63, 3.8) is 0 Å². The fourth-order valence-electron chi connectivity index (χ4n) is 4.43. The van der Waals surface area contributed by atoms with Crippen molar-refractivity contribution in [1.82, 2.24) is 18.8 Å². The van der Waals surface area contributed by atoms with Crippen LogP contribution in [-0.2, 0) is 10.2 Å². The van der Waals surface area contributed by atoms with Gasteiger partial charge in [-0.2, -0.15) is 22.0 Å². The van der Waals surface area contributed by atoms with E-state index in [1.807, 2.05) is 0 Å². The Bertz CT molecular complexity index is 937. The summed E-state index contributed by atoms with van der Waals surface area (Å²) >= 11 is 0. The van der Waals surface area contributed by atoms with Gasteiger partial charge in [0.2, 0.25) is 11.7 Å². The highest BCUT2D eigenvalue weighted by atomic mass is 32.2. The normalized spacial score (nSPS) is 27.2. The predicted octanol–water partition coefficient (Wildman–Crippen LogP) is 3.28. The number of hydrogen-bond acceptors (Lipinski definition) is 5. The summed E-state index contributed by atoms with van der Waals surface area (Å²) in [5, 5.41) is 4.00. The van der Waals surface area contributed by atoms with Gasteiger partial charge in [-0.25, -0.2) is 4.39 Å². The number of piperidine rings is 2. The van der Waals surface area contributed by atoms with Crippen molar-refractivity contribution in [2.45, 2.75) is 39.0 Å². The Morgan fingerprint density at radius 3 is 2.45 bits per heavy atom. The van der Waals surface area contributed by atoms with E-state index in [2.05, 4.69) is 24.0 Å². The van der Waals surface area contributed by atoms with Gasteiger partial charge in [0.25, 0.3) is 10.2 Å². The van der Waals surface area contributed by atoms with E-state index in [4.69, 9.17) is 4.52 Å². The zero-order valence-electron chi connectivity index (χ0n) is 16.8. The van der Waals surface area contributed by atoms with E-state index in [-0.39, 0.29) is 11.7 Å². The van der Waals surface area contributed by atoms with Gasteiger partial charge in [-0.15, -0.1) is 0 Å². The minimum absolute atomic E-state index is 0.139. The highest BCUT2D eigenvalue weighted by Crippen LogP contribution is 2.31. The van der Waals surface area contributed by atoms with Crippen molar-refractivity contribution in [3.8, 4) is 11.4 Å². The molecule has 9 heteroatoms. The Balaban J connectivity index is 1.49. The molecule has 3 unspecified atom stereocenters. The van der Waals surface area contributed by atoms with Gasteiger partial charge in [-0.3, -0.25) is 0 Å². The Labute approximate surface area is 171 Å². The molecule has 4 rings (SSSR count). The Hall–Kier alpha value is -1.84. The molecule has 0 bridgehead atoms. The molecule has 0 N–H and O–H groups in total. The molecular formula is C20H27FN4O3S. The first kappa shape index (κ1) is 20.4. The zero-order chi connectivity index (χ0) is 20.6. The molecule has 2 aromatic rings. The molecule has 7 nitrogen and oxygen atoms in total. The van der Waals surface area contributed by atoms with Crippen LogP contribution in [0.5, 0.6) is 0 Å². The van der Waals surface area contributed by atoms with Crippen LogP contribution in [0.15, 0.2) is 28.8 Å². The van der Waals surface area contributed by atoms with Gasteiger partial charge >= 0.3 is 0 Å². The molecule has 3 atom stereocenters. The summed E-state index contributed by atoms with van der Waals surface area (Å²) in [5.74, 6) is 1.08. The van der Waals surface area contributed by atoms with Crippen LogP contribution >= 0.6 is 0 Å². The lowest BCUT2D eigenvalue weighted by molar-refractivity contribution is 0.196. The van der Waals surface area contributed by atoms with Gasteiger partial charge in [0.1, 0.15) is 5.82 Å². The lowest BCUT2D eigenvalue weighted by Gasteiger charge is -2.39. The molecule has 2 fully saturated rings. The van der Waals surface area contributed by atoms with Crippen LogP contribution in [0.3, 0.4) is 0 Å². The average molecular weight is 423 g/mol. The van der Waals surface area contributed by atoms with Crippen LogP contribution in [0.25, 0.3) is 11.4 Å². The summed E-state index contributed by atoms with van der Waals surface area (Å²) in [4.78, 5) is 4.45. The third-order valence-corrected chi connectivity index (χ3v) is 7.70. The molecule has 3 heterocycles. The average Bonchev–Trinajstić information content (AvgIpc) is 3.18. The largest absolute Gasteiger partial charge is 0.339 e. The third kappa shape index (κ3) is 4.36. The van der Waals surface area contributed by atoms with Crippen LogP contribution < -0.4 is 0 Å². The number of nitrogens with zero attached hydrogens (tertiary/aromatic N) is 4. The summed E-state index contributed by atoms with van der Waals surface area (Å²) in [6.07, 6.45) is 2.60. The summed E-state index contributed by atoms with van der Waals surface area (Å²) in [6, 6.07) is 5.89. The van der Waals surface area contributed by atoms with E-state index in [1.54, 1.807) is 20.7 Å². The van der Waals surface area contributed by atoms with Crippen LogP contribution in [0.1, 0.15) is 44.9 Å². The molecule has 0 spiro atoms. The van der Waals surface area contributed by atoms with Crippen molar-refractivity contribution in [3.05, 3.63) is 36.0 Å². The highest BCUT2D eigenvalue weighted by Gasteiger charge is 2.38. The van der Waals surface area contributed by atoms with Gasteiger partial charge in [0, 0.05) is 31.7 Å². The van der Waals surface area contributed by atoms with Crippen LogP contribution in [0, 0.1) is 17.7 Å². The second-order valence-corrected chi connectivity index (χ2v) is 10.4. The molecular weight excluding hydrogens is 395 g/mol. The summed E-state index contributed by atoms with van der Waals surface area (Å²) in [5.41, 5.74) is 0.665. The topological polar surface area (TPSA) is 79.5 Å². The number of rotatable bonds is 4. The fraction of sp³-hybridized carbons (Fsp3) is 0.600. The van der Waals surface area contributed by atoms with Gasteiger partial charge < -0.3 is 4.52 Å². The lowest BCUT2D eigenvalue weighted by Crippen LogP contribution is -2.51. The maximum Gasteiger partial charge on any atom is 0.282 e. The van der Waals surface area contributed by atoms with Crippen molar-refractivity contribution in [2.75, 3.05) is 26.2 Å². The number of aromatic nitrogens is 2. The zero-order valence-corrected chi connectivity index (χ0v) is 17.6. The first-order valence-corrected chi connectivity index (χ1v) is 11.6. The van der Waals surface area contributed by atoms with E-state index in [0.717, 1.165) is 19.3 Å². The maximum absolute atomic E-state index is 13.2. The summed E-state index contributed by atoms with van der Waals surface area (Å²) in [6.45, 7) is 6.20. The van der Waals surface area contributed by atoms with Crippen LogP contribution in [-0.4, -0.2) is 53.3 Å². The monoisotopic (exact) mass is 422 g/mol. The molecule has 2 saturated heterocycles. The van der Waals surface area contributed by atoms with E-state index in [0.29, 0.717) is 55.3 Å². The van der Waals surface area contributed by atoms with E-state index < -0.39 is 10.2 Å². The third-order valence-electron chi connectivity index (χ3n) is 5.77. The van der Waals surface area contributed by atoms with Crippen molar-refractivity contribution >= 4 is 10.2 Å². The SMILES string of the molecule is CC1CC(C)CN(S(=O)(=O)N2CCCC(c3nc(-c4ccc(F)cc4)no3)C2)C1. The van der Waals surface area contributed by atoms with E-state index >= 15 is 0 Å². The molecule has 0 aliphatic carbocycles. The predicted molar refractivity (Wildman–Crippen MR) is 107 cm³/mol. The van der Waals surface area contributed by atoms with Crippen LogP contribution in [0.4, 0.5) is 4.39 Å². The Morgan fingerprint density at radius 2 is 1.76 bits per heavy atom. The smallest absolute Gasteiger partial charge is 0.282 e. The molecule has 2 aliphatic heterocycles. The minimum atomic E-state index is -3.51. The summed E-state index contributed by atoms with van der Waals surface area (Å²) < 4.78 is 48.2. The van der Waals surface area contributed by atoms with Gasteiger partial charge in [0.15, 0.2) is 0 Å². The first-order chi connectivity index (χ1) is 13.8. The fourth-order valence-corrected chi connectivity index (χ4v) is 6.37. The molecule has 158 valence electrons. The number of benzene rings is 1. The van der Waals surface area contributed by atoms with E-state index in [9.17, 15) is 12.8 Å². The van der Waals surface area contributed by atoms with Gasteiger partial charge in [-0.05, 0) is 55.4 Å². The quantitative estimate of drug-likeness (QED) is 0.756. The van der Waals surface area contributed by atoms with Gasteiger partial charge in [0.05, 0.1) is 5.92 Å². The van der Waals surface area contributed by atoms with E-state index in [1.165, 1.54) is 12.1 Å². The lowest BCUT2D eigenvalue weighted by atomic mass is 9.94. The molecule has 0 saturated carbocycles. The first-order valence-electron chi connectivity index (χ1n) is 10.2. The minimum Gasteiger partial charge on any atom is -0.339 e. The summed E-state index contributed by atoms with van der Waals surface area (Å²) in [7, 11) is -3.51. The molecule has 2 aliphatic rings. The molecule has 29 heavy (non-hydrogen) atoms. The number of hydrogen-bond donors (Lipinski definition) is 0. The van der Waals surface area contributed by atoms with Crippen molar-refractivity contribution < 1.29 is 17.3 Å². The molecule has 1 aromatic carbocycles. The van der Waals surface area contributed by atoms with Crippen LogP contribution in [0.2, 0.25) is 0 Å². The van der Waals surface area contributed by atoms with Crippen molar-refractivity contribution in [1.29, 1.82) is 0 Å². The van der Waals surface area contributed by atoms with Crippen molar-refractivity contribution in [2.24, 2.45) is 11.8 Å². The number of halogens is 1. The standard InChI is InChI=1S/C20H27FN4O3S/c1-14-10-15(2)12-25(11-14)29(26,27)24-9-3-4-17(13-24)20-22-19(23-28-20)16-5-7-18(21)8-6-16/h5-8,14-15,17H,3-4,9-13H2,1-2H3. The Kier molecular flexibility index (Phi) is 5.72. The van der Waals surface area contributed by atoms with Gasteiger partial charge in [-0.1, -0.05) is 19.0 Å². The molecule has 0 amide bonds. The Morgan fingerprint density at radius 1 is 1.07 bits per heavy atom. The molecule has 1 aromatic heterocycles.